The Labute approximate surface area is 112 Å². The van der Waals surface area contributed by atoms with Crippen LogP contribution >= 0.6 is 0 Å². The van der Waals surface area contributed by atoms with E-state index in [4.69, 9.17) is 0 Å². The smallest absolute Gasteiger partial charge is 0.149 e. The Morgan fingerprint density at radius 1 is 1.32 bits per heavy atom. The van der Waals surface area contributed by atoms with Gasteiger partial charge in [-0.1, -0.05) is 19.1 Å². The molecule has 0 amide bonds. The molecule has 1 aromatic heterocycles. The monoisotopic (exact) mass is 255 g/mol. The molecule has 2 aromatic rings. The number of aromatic nitrogens is 2. The highest BCUT2D eigenvalue weighted by molar-refractivity contribution is 5.44. The van der Waals surface area contributed by atoms with Gasteiger partial charge < -0.3 is 10.4 Å². The van der Waals surface area contributed by atoms with E-state index in [1.807, 2.05) is 24.5 Å². The normalized spacial score (nSPS) is 18.1. The SMILES string of the molecule is CCc1cnc(C2NCCc3c(O)cccc32)nc1. The highest BCUT2D eigenvalue weighted by Crippen LogP contribution is 2.31. The molecular formula is C15H17N3O. The minimum atomic E-state index is -0.0262. The van der Waals surface area contributed by atoms with Crippen LogP contribution in [0.25, 0.3) is 0 Å². The first-order valence-corrected chi connectivity index (χ1v) is 6.64. The summed E-state index contributed by atoms with van der Waals surface area (Å²) in [6.07, 6.45) is 5.53. The highest BCUT2D eigenvalue weighted by atomic mass is 16.3. The molecule has 0 aliphatic carbocycles. The van der Waals surface area contributed by atoms with Crippen molar-refractivity contribution in [3.05, 3.63) is 53.1 Å². The summed E-state index contributed by atoms with van der Waals surface area (Å²) in [5.41, 5.74) is 3.22. The first kappa shape index (κ1) is 12.1. The lowest BCUT2D eigenvalue weighted by Crippen LogP contribution is -2.31. The Hall–Kier alpha value is -1.94. The average Bonchev–Trinajstić information content (AvgIpc) is 2.47. The van der Waals surface area contributed by atoms with E-state index in [-0.39, 0.29) is 6.04 Å². The largest absolute Gasteiger partial charge is 0.508 e. The third kappa shape index (κ3) is 2.19. The first-order valence-electron chi connectivity index (χ1n) is 6.64. The van der Waals surface area contributed by atoms with Gasteiger partial charge in [-0.15, -0.1) is 0 Å². The first-order chi connectivity index (χ1) is 9.29. The molecule has 1 atom stereocenters. The molecule has 0 bridgehead atoms. The van der Waals surface area contributed by atoms with Crippen molar-refractivity contribution in [1.82, 2.24) is 15.3 Å². The van der Waals surface area contributed by atoms with Crippen molar-refractivity contribution in [2.24, 2.45) is 0 Å². The minimum absolute atomic E-state index is 0.0262. The van der Waals surface area contributed by atoms with Crippen LogP contribution in [-0.4, -0.2) is 21.6 Å². The van der Waals surface area contributed by atoms with Crippen LogP contribution in [0.15, 0.2) is 30.6 Å². The van der Waals surface area contributed by atoms with Gasteiger partial charge in [0, 0.05) is 24.5 Å². The van der Waals surface area contributed by atoms with Gasteiger partial charge in [0.25, 0.3) is 0 Å². The lowest BCUT2D eigenvalue weighted by atomic mass is 9.93. The fraction of sp³-hybridized carbons (Fsp3) is 0.333. The number of aryl methyl sites for hydroxylation is 1. The number of hydrogen-bond donors (Lipinski definition) is 2. The van der Waals surface area contributed by atoms with Gasteiger partial charge in [0.2, 0.25) is 0 Å². The predicted molar refractivity (Wildman–Crippen MR) is 73.1 cm³/mol. The van der Waals surface area contributed by atoms with E-state index in [0.29, 0.717) is 5.75 Å². The molecule has 0 radical (unpaired) electrons. The standard InChI is InChI=1S/C15H17N3O/c1-2-10-8-17-15(18-9-10)14-12-4-3-5-13(19)11(12)6-7-16-14/h3-5,8-9,14,16,19H,2,6-7H2,1H3. The molecule has 4 nitrogen and oxygen atoms in total. The van der Waals surface area contributed by atoms with Gasteiger partial charge in [0.05, 0.1) is 6.04 Å². The number of nitrogens with zero attached hydrogens (tertiary/aromatic N) is 2. The van der Waals surface area contributed by atoms with E-state index in [1.165, 1.54) is 0 Å². The molecule has 1 aromatic carbocycles. The average molecular weight is 255 g/mol. The van der Waals surface area contributed by atoms with Gasteiger partial charge in [-0.05, 0) is 30.0 Å². The number of aromatic hydroxyl groups is 1. The second-order valence-corrected chi connectivity index (χ2v) is 4.79. The van der Waals surface area contributed by atoms with Crippen molar-refractivity contribution in [1.29, 1.82) is 0 Å². The molecule has 2 N–H and O–H groups in total. The molecule has 98 valence electrons. The second-order valence-electron chi connectivity index (χ2n) is 4.79. The Bertz CT molecular complexity index is 580. The Balaban J connectivity index is 2.01. The summed E-state index contributed by atoms with van der Waals surface area (Å²) in [5.74, 6) is 1.14. The molecule has 1 unspecified atom stereocenters. The maximum atomic E-state index is 9.93. The van der Waals surface area contributed by atoms with Gasteiger partial charge in [0.1, 0.15) is 11.6 Å². The van der Waals surface area contributed by atoms with Crippen LogP contribution in [0, 0.1) is 0 Å². The van der Waals surface area contributed by atoms with Crippen molar-refractivity contribution in [2.45, 2.75) is 25.8 Å². The van der Waals surface area contributed by atoms with Crippen LogP contribution in [0.1, 0.15) is 35.5 Å². The zero-order valence-electron chi connectivity index (χ0n) is 10.9. The zero-order chi connectivity index (χ0) is 13.2. The molecule has 0 saturated heterocycles. The van der Waals surface area contributed by atoms with Crippen molar-refractivity contribution in [2.75, 3.05) is 6.54 Å². The Kier molecular flexibility index (Phi) is 3.17. The van der Waals surface area contributed by atoms with E-state index < -0.39 is 0 Å². The van der Waals surface area contributed by atoms with Crippen LogP contribution in [0.3, 0.4) is 0 Å². The highest BCUT2D eigenvalue weighted by Gasteiger charge is 2.24. The lowest BCUT2D eigenvalue weighted by Gasteiger charge is -2.26. The summed E-state index contributed by atoms with van der Waals surface area (Å²) in [6.45, 7) is 2.92. The predicted octanol–water partition coefficient (Wildman–Crippen LogP) is 1.98. The Morgan fingerprint density at radius 3 is 2.84 bits per heavy atom. The summed E-state index contributed by atoms with van der Waals surface area (Å²) in [5, 5.41) is 13.4. The summed E-state index contributed by atoms with van der Waals surface area (Å²) >= 11 is 0. The fourth-order valence-corrected chi connectivity index (χ4v) is 2.51. The number of nitrogens with one attached hydrogen (secondary N) is 1. The second kappa shape index (κ2) is 4.97. The van der Waals surface area contributed by atoms with Crippen LogP contribution in [0.5, 0.6) is 5.75 Å². The van der Waals surface area contributed by atoms with Gasteiger partial charge >= 0.3 is 0 Å². The molecule has 19 heavy (non-hydrogen) atoms. The number of hydrogen-bond acceptors (Lipinski definition) is 4. The zero-order valence-corrected chi connectivity index (χ0v) is 10.9. The van der Waals surface area contributed by atoms with Crippen LogP contribution in [-0.2, 0) is 12.8 Å². The maximum Gasteiger partial charge on any atom is 0.149 e. The van der Waals surface area contributed by atoms with Crippen molar-refractivity contribution in [3.8, 4) is 5.75 Å². The summed E-state index contributed by atoms with van der Waals surface area (Å²) in [7, 11) is 0. The molecule has 1 aliphatic rings. The molecule has 4 heteroatoms. The number of phenolic OH excluding ortho intramolecular Hbond substituents is 1. The number of rotatable bonds is 2. The molecule has 2 heterocycles. The van der Waals surface area contributed by atoms with E-state index in [0.717, 1.165) is 41.9 Å². The molecule has 0 saturated carbocycles. The number of benzene rings is 1. The quantitative estimate of drug-likeness (QED) is 0.861. The van der Waals surface area contributed by atoms with Crippen molar-refractivity contribution >= 4 is 0 Å². The van der Waals surface area contributed by atoms with Gasteiger partial charge in [-0.2, -0.15) is 0 Å². The molecule has 0 fully saturated rings. The van der Waals surface area contributed by atoms with Crippen LogP contribution in [0.2, 0.25) is 0 Å². The summed E-state index contributed by atoms with van der Waals surface area (Å²) in [4.78, 5) is 8.89. The third-order valence-corrected chi connectivity index (χ3v) is 3.61. The van der Waals surface area contributed by atoms with E-state index in [9.17, 15) is 5.11 Å². The van der Waals surface area contributed by atoms with Gasteiger partial charge in [-0.3, -0.25) is 0 Å². The summed E-state index contributed by atoms with van der Waals surface area (Å²) in [6, 6.07) is 5.61. The molecule has 1 aliphatic heterocycles. The molecular weight excluding hydrogens is 238 g/mol. The third-order valence-electron chi connectivity index (χ3n) is 3.61. The van der Waals surface area contributed by atoms with Gasteiger partial charge in [-0.25, -0.2) is 9.97 Å². The van der Waals surface area contributed by atoms with Crippen molar-refractivity contribution in [3.63, 3.8) is 0 Å². The van der Waals surface area contributed by atoms with E-state index in [2.05, 4.69) is 22.2 Å². The molecule has 0 spiro atoms. The van der Waals surface area contributed by atoms with E-state index >= 15 is 0 Å². The minimum Gasteiger partial charge on any atom is -0.508 e. The van der Waals surface area contributed by atoms with Crippen LogP contribution < -0.4 is 5.32 Å². The van der Waals surface area contributed by atoms with Gasteiger partial charge in [0.15, 0.2) is 0 Å². The summed E-state index contributed by atoms with van der Waals surface area (Å²) < 4.78 is 0. The topological polar surface area (TPSA) is 58.0 Å². The van der Waals surface area contributed by atoms with Crippen molar-refractivity contribution < 1.29 is 5.11 Å². The fourth-order valence-electron chi connectivity index (χ4n) is 2.51. The lowest BCUT2D eigenvalue weighted by molar-refractivity contribution is 0.453. The number of phenols is 1. The van der Waals surface area contributed by atoms with Crippen LogP contribution in [0.4, 0.5) is 0 Å². The number of fused-ring (bicyclic) bond motifs is 1. The maximum absolute atomic E-state index is 9.93. The Morgan fingerprint density at radius 2 is 2.11 bits per heavy atom. The molecule has 3 rings (SSSR count). The van der Waals surface area contributed by atoms with E-state index in [1.54, 1.807) is 6.07 Å².